The molecular formula is H13AlO5Ta. The molecule has 0 saturated carbocycles. The average Bonchev–Trinajstić information content (AvgIpc) is 0. The zero-order valence-corrected chi connectivity index (χ0v) is 6.16. The summed E-state index contributed by atoms with van der Waals surface area (Å²) in [4.78, 5) is 0. The molecule has 0 aliphatic carbocycles. The summed E-state index contributed by atoms with van der Waals surface area (Å²) in [7, 11) is 0. The maximum absolute atomic E-state index is 0. The molecule has 0 amide bonds. The summed E-state index contributed by atoms with van der Waals surface area (Å²) in [6.45, 7) is 0. The summed E-state index contributed by atoms with van der Waals surface area (Å²) in [6, 6.07) is 0. The van der Waals surface area contributed by atoms with Gasteiger partial charge in [0.05, 0.1) is 0 Å². The molecule has 0 spiro atoms. The van der Waals surface area contributed by atoms with Crippen LogP contribution in [-0.4, -0.2) is 44.7 Å². The van der Waals surface area contributed by atoms with Crippen molar-refractivity contribution >= 4 is 17.4 Å². The van der Waals surface area contributed by atoms with Crippen LogP contribution in [0, 0.1) is 0 Å². The van der Waals surface area contributed by atoms with Crippen molar-refractivity contribution in [3.05, 3.63) is 0 Å². The molecule has 0 aliphatic heterocycles. The van der Waals surface area contributed by atoms with Gasteiger partial charge in [0.15, 0.2) is 17.4 Å². The Balaban J connectivity index is 0. The molecule has 7 heavy (non-hydrogen) atoms. The summed E-state index contributed by atoms with van der Waals surface area (Å²) >= 11 is 0. The Morgan fingerprint density at radius 3 is 0.429 bits per heavy atom. The van der Waals surface area contributed by atoms with Crippen molar-refractivity contribution in [1.82, 2.24) is 0 Å². The fraction of sp³-hybridized carbons (Fsp3) is 0. The first kappa shape index (κ1) is 351. The van der Waals surface area contributed by atoms with E-state index in [1.54, 1.807) is 0 Å². The Labute approximate surface area is 67.3 Å². The fourth-order valence-electron chi connectivity index (χ4n) is 0. The van der Waals surface area contributed by atoms with Gasteiger partial charge in [-0.1, -0.05) is 0 Å². The van der Waals surface area contributed by atoms with Crippen molar-refractivity contribution in [3.8, 4) is 0 Å². The molecule has 51 valence electrons. The first-order chi connectivity index (χ1) is 0. The van der Waals surface area contributed by atoms with Crippen LogP contribution in [0.2, 0.25) is 0 Å². The van der Waals surface area contributed by atoms with Gasteiger partial charge in [0, 0.05) is 22.4 Å². The van der Waals surface area contributed by atoms with Gasteiger partial charge in [0.1, 0.15) is 0 Å². The largest absolute Gasteiger partial charge is 0.412 e. The minimum Gasteiger partial charge on any atom is -0.412 e. The van der Waals surface area contributed by atoms with E-state index in [0.29, 0.717) is 0 Å². The standard InChI is InChI=1S/Al.5H2O.Ta.3H/h;5*1H2;;;;. The van der Waals surface area contributed by atoms with Crippen molar-refractivity contribution in [2.24, 2.45) is 0 Å². The third-order valence-corrected chi connectivity index (χ3v) is 0. The van der Waals surface area contributed by atoms with Crippen LogP contribution in [-0.2, 0) is 22.4 Å². The van der Waals surface area contributed by atoms with E-state index in [4.69, 9.17) is 0 Å². The van der Waals surface area contributed by atoms with Gasteiger partial charge in [-0.3, -0.25) is 0 Å². The Morgan fingerprint density at radius 1 is 0.429 bits per heavy atom. The molecular weight excluding hydrogens is 288 g/mol. The Hall–Kier alpha value is 1.07. The van der Waals surface area contributed by atoms with E-state index >= 15 is 0 Å². The molecule has 0 aromatic rings. The second-order valence-electron chi connectivity index (χ2n) is 0. The van der Waals surface area contributed by atoms with Crippen LogP contribution in [0.1, 0.15) is 0 Å². The SMILES string of the molecule is O.O.O.O.O.[AlH3].[Ta]. The third-order valence-electron chi connectivity index (χ3n) is 0. The van der Waals surface area contributed by atoms with Gasteiger partial charge in [-0.05, 0) is 0 Å². The number of hydrogen-bond donors (Lipinski definition) is 0. The van der Waals surface area contributed by atoms with E-state index in [0.717, 1.165) is 0 Å². The van der Waals surface area contributed by atoms with Crippen molar-refractivity contribution in [3.63, 3.8) is 0 Å². The first-order valence-electron chi connectivity index (χ1n) is 0. The van der Waals surface area contributed by atoms with E-state index in [1.807, 2.05) is 0 Å². The second-order valence-corrected chi connectivity index (χ2v) is 0. The molecule has 0 fully saturated rings. The quantitative estimate of drug-likeness (QED) is 0.391. The predicted molar refractivity (Wildman–Crippen MR) is 28.0 cm³/mol. The average molecular weight is 301 g/mol. The minimum absolute atomic E-state index is 0. The van der Waals surface area contributed by atoms with Gasteiger partial charge < -0.3 is 27.4 Å². The van der Waals surface area contributed by atoms with Crippen LogP contribution in [0.5, 0.6) is 0 Å². The van der Waals surface area contributed by atoms with Gasteiger partial charge in [-0.15, -0.1) is 0 Å². The van der Waals surface area contributed by atoms with Crippen molar-refractivity contribution in [2.75, 3.05) is 0 Å². The van der Waals surface area contributed by atoms with Gasteiger partial charge in [-0.25, -0.2) is 0 Å². The maximum Gasteiger partial charge on any atom is 0.187 e. The molecule has 5 nitrogen and oxygen atoms in total. The van der Waals surface area contributed by atoms with Crippen LogP contribution in [0.25, 0.3) is 0 Å². The normalized spacial score (nSPS) is 0. The van der Waals surface area contributed by atoms with Crippen LogP contribution in [0.4, 0.5) is 0 Å². The molecule has 0 aromatic carbocycles. The monoisotopic (exact) mass is 301 g/mol. The molecule has 10 N–H and O–H groups in total. The molecule has 0 aromatic heterocycles. The molecule has 0 atom stereocenters. The van der Waals surface area contributed by atoms with E-state index in [2.05, 4.69) is 0 Å². The van der Waals surface area contributed by atoms with Gasteiger partial charge in [0.25, 0.3) is 0 Å². The summed E-state index contributed by atoms with van der Waals surface area (Å²) < 4.78 is 0. The molecule has 7 heteroatoms. The molecule has 1 radical (unpaired) electrons. The number of hydrogen-bond acceptors (Lipinski definition) is 0. The van der Waals surface area contributed by atoms with Crippen molar-refractivity contribution in [2.45, 2.75) is 0 Å². The molecule has 0 rings (SSSR count). The van der Waals surface area contributed by atoms with E-state index < -0.39 is 0 Å². The van der Waals surface area contributed by atoms with Gasteiger partial charge in [-0.2, -0.15) is 0 Å². The zero-order valence-electron chi connectivity index (χ0n) is 2.95. The predicted octanol–water partition coefficient (Wildman–Crippen LogP) is -5.31. The van der Waals surface area contributed by atoms with Crippen LogP contribution >= 0.6 is 0 Å². The van der Waals surface area contributed by atoms with Crippen LogP contribution < -0.4 is 0 Å². The Kier molecular flexibility index (Phi) is 11400. The van der Waals surface area contributed by atoms with Crippen molar-refractivity contribution in [1.29, 1.82) is 0 Å². The topological polar surface area (TPSA) is 158 Å². The first-order valence-corrected chi connectivity index (χ1v) is 0. The third kappa shape index (κ3) is 158. The molecule has 0 bridgehead atoms. The van der Waals surface area contributed by atoms with E-state index in [1.165, 1.54) is 0 Å². The van der Waals surface area contributed by atoms with E-state index in [9.17, 15) is 0 Å². The van der Waals surface area contributed by atoms with Crippen LogP contribution in [0.3, 0.4) is 0 Å². The summed E-state index contributed by atoms with van der Waals surface area (Å²) in [5.41, 5.74) is 0. The zero-order chi connectivity index (χ0) is 0. The van der Waals surface area contributed by atoms with Gasteiger partial charge in [0.2, 0.25) is 0 Å². The fourth-order valence-corrected chi connectivity index (χ4v) is 0. The summed E-state index contributed by atoms with van der Waals surface area (Å²) in [5.74, 6) is 0. The maximum atomic E-state index is 0. The summed E-state index contributed by atoms with van der Waals surface area (Å²) in [6.07, 6.45) is 0. The Morgan fingerprint density at radius 2 is 0.429 bits per heavy atom. The van der Waals surface area contributed by atoms with E-state index in [-0.39, 0.29) is 67.1 Å². The Bertz CT molecular complexity index is 8.04. The van der Waals surface area contributed by atoms with Crippen LogP contribution in [0.15, 0.2) is 0 Å². The smallest absolute Gasteiger partial charge is 0.187 e. The molecule has 0 unspecified atom stereocenters. The minimum atomic E-state index is 0. The van der Waals surface area contributed by atoms with Gasteiger partial charge >= 0.3 is 0 Å². The number of rotatable bonds is 0. The molecule has 0 aliphatic rings. The molecule has 0 saturated heterocycles. The molecule has 0 heterocycles. The second kappa shape index (κ2) is 227. The van der Waals surface area contributed by atoms with Crippen molar-refractivity contribution < 1.29 is 49.8 Å². The summed E-state index contributed by atoms with van der Waals surface area (Å²) in [5, 5.41) is 0.